The van der Waals surface area contributed by atoms with Crippen molar-refractivity contribution < 1.29 is 20.4 Å². The standard InChI is InChI=1S/2C16H25NO2/c2*1-14-3-5-15(6-4-14)13-16(19)7-10-17(11-8-16)9-2-12-18/h2*3-6,18-19H,2,7-13H2,1H3. The van der Waals surface area contributed by atoms with Crippen molar-refractivity contribution in [3.05, 3.63) is 70.8 Å². The van der Waals surface area contributed by atoms with Crippen LogP contribution in [0, 0.1) is 13.8 Å². The summed E-state index contributed by atoms with van der Waals surface area (Å²) in [6.45, 7) is 10.3. The summed E-state index contributed by atoms with van der Waals surface area (Å²) < 4.78 is 0. The van der Waals surface area contributed by atoms with Crippen LogP contribution >= 0.6 is 0 Å². The lowest BCUT2D eigenvalue weighted by atomic mass is 9.85. The molecule has 38 heavy (non-hydrogen) atoms. The maximum atomic E-state index is 10.7. The van der Waals surface area contributed by atoms with E-state index in [2.05, 4.69) is 72.2 Å². The Balaban J connectivity index is 0.000000211. The second kappa shape index (κ2) is 15.1. The number of hydrogen-bond acceptors (Lipinski definition) is 6. The molecule has 6 heteroatoms. The number of likely N-dealkylation sites (tertiary alicyclic amines) is 2. The molecular weight excluding hydrogens is 476 g/mol. The van der Waals surface area contributed by atoms with E-state index in [0.717, 1.165) is 90.6 Å². The smallest absolute Gasteiger partial charge is 0.0712 e. The molecule has 0 amide bonds. The minimum absolute atomic E-state index is 0.254. The van der Waals surface area contributed by atoms with E-state index < -0.39 is 11.2 Å². The molecule has 0 spiro atoms. The minimum atomic E-state index is -0.551. The van der Waals surface area contributed by atoms with Gasteiger partial charge in [0.05, 0.1) is 11.2 Å². The van der Waals surface area contributed by atoms with Crippen molar-refractivity contribution in [2.45, 2.75) is 76.4 Å². The molecule has 2 heterocycles. The van der Waals surface area contributed by atoms with Crippen molar-refractivity contribution in [1.82, 2.24) is 9.80 Å². The number of aliphatic hydroxyl groups excluding tert-OH is 2. The van der Waals surface area contributed by atoms with Crippen LogP contribution in [0.15, 0.2) is 48.5 Å². The second-order valence-corrected chi connectivity index (χ2v) is 11.6. The summed E-state index contributed by atoms with van der Waals surface area (Å²) in [5.41, 5.74) is 3.86. The van der Waals surface area contributed by atoms with Gasteiger partial charge in [0.25, 0.3) is 0 Å². The average molecular weight is 527 g/mol. The van der Waals surface area contributed by atoms with Crippen LogP contribution in [0.2, 0.25) is 0 Å². The zero-order valence-electron chi connectivity index (χ0n) is 23.6. The predicted molar refractivity (Wildman–Crippen MR) is 154 cm³/mol. The highest BCUT2D eigenvalue weighted by atomic mass is 16.3. The highest BCUT2D eigenvalue weighted by Crippen LogP contribution is 2.27. The Bertz CT molecular complexity index is 838. The van der Waals surface area contributed by atoms with Gasteiger partial charge in [-0.05, 0) is 63.5 Å². The average Bonchev–Trinajstić information content (AvgIpc) is 2.91. The molecule has 0 unspecified atom stereocenters. The Labute approximate surface area is 229 Å². The number of hydrogen-bond donors (Lipinski definition) is 4. The first kappa shape index (κ1) is 30.7. The highest BCUT2D eigenvalue weighted by molar-refractivity contribution is 5.24. The Morgan fingerprint density at radius 1 is 0.579 bits per heavy atom. The number of rotatable bonds is 10. The molecular formula is C32H50N2O4. The van der Waals surface area contributed by atoms with Gasteiger partial charge < -0.3 is 30.2 Å². The molecule has 2 aromatic rings. The molecule has 0 aromatic heterocycles. The van der Waals surface area contributed by atoms with Gasteiger partial charge in [-0.25, -0.2) is 0 Å². The van der Waals surface area contributed by atoms with Crippen LogP contribution in [0.25, 0.3) is 0 Å². The van der Waals surface area contributed by atoms with Gasteiger partial charge in [-0.1, -0.05) is 59.7 Å². The van der Waals surface area contributed by atoms with Crippen molar-refractivity contribution in [2.75, 3.05) is 52.5 Å². The third kappa shape index (κ3) is 10.4. The Morgan fingerprint density at radius 3 is 1.18 bits per heavy atom. The summed E-state index contributed by atoms with van der Waals surface area (Å²) in [7, 11) is 0. The summed E-state index contributed by atoms with van der Waals surface area (Å²) >= 11 is 0. The molecule has 0 aliphatic carbocycles. The van der Waals surface area contributed by atoms with Crippen LogP contribution in [0.1, 0.15) is 60.8 Å². The molecule has 4 N–H and O–H groups in total. The maximum Gasteiger partial charge on any atom is 0.0712 e. The fourth-order valence-electron chi connectivity index (χ4n) is 5.50. The monoisotopic (exact) mass is 526 g/mol. The summed E-state index contributed by atoms with van der Waals surface area (Å²) in [5.74, 6) is 0. The van der Waals surface area contributed by atoms with E-state index in [1.807, 2.05) is 0 Å². The van der Waals surface area contributed by atoms with E-state index in [-0.39, 0.29) is 13.2 Å². The number of benzene rings is 2. The summed E-state index contributed by atoms with van der Waals surface area (Å²) in [6.07, 6.45) is 6.46. The number of piperidine rings is 2. The van der Waals surface area contributed by atoms with Gasteiger partial charge in [-0.3, -0.25) is 0 Å². The fraction of sp³-hybridized carbons (Fsp3) is 0.625. The molecule has 0 atom stereocenters. The first-order chi connectivity index (χ1) is 18.2. The Morgan fingerprint density at radius 2 is 0.895 bits per heavy atom. The number of aliphatic hydroxyl groups is 4. The summed E-state index contributed by atoms with van der Waals surface area (Å²) in [5, 5.41) is 39.0. The molecule has 2 fully saturated rings. The van der Waals surface area contributed by atoms with E-state index >= 15 is 0 Å². The number of nitrogens with zero attached hydrogens (tertiary/aromatic N) is 2. The third-order valence-electron chi connectivity index (χ3n) is 8.15. The minimum Gasteiger partial charge on any atom is -0.396 e. The lowest BCUT2D eigenvalue weighted by Gasteiger charge is -2.38. The quantitative estimate of drug-likeness (QED) is 0.379. The topological polar surface area (TPSA) is 87.4 Å². The fourth-order valence-corrected chi connectivity index (χ4v) is 5.50. The van der Waals surface area contributed by atoms with Gasteiger partial charge in [0.1, 0.15) is 0 Å². The molecule has 2 saturated heterocycles. The van der Waals surface area contributed by atoms with Crippen LogP contribution in [0.3, 0.4) is 0 Å². The van der Waals surface area contributed by atoms with Crippen LogP contribution in [0.5, 0.6) is 0 Å². The van der Waals surface area contributed by atoms with Crippen molar-refractivity contribution in [2.24, 2.45) is 0 Å². The van der Waals surface area contributed by atoms with Crippen molar-refractivity contribution in [3.63, 3.8) is 0 Å². The van der Waals surface area contributed by atoms with Gasteiger partial charge in [0.2, 0.25) is 0 Å². The van der Waals surface area contributed by atoms with Gasteiger partial charge in [0, 0.05) is 65.3 Å². The zero-order chi connectivity index (χ0) is 27.4. The van der Waals surface area contributed by atoms with Crippen molar-refractivity contribution in [3.8, 4) is 0 Å². The van der Waals surface area contributed by atoms with Gasteiger partial charge in [-0.15, -0.1) is 0 Å². The van der Waals surface area contributed by atoms with Crippen LogP contribution in [-0.4, -0.2) is 93.9 Å². The third-order valence-corrected chi connectivity index (χ3v) is 8.15. The normalized spacial score (nSPS) is 19.5. The van der Waals surface area contributed by atoms with E-state index in [1.165, 1.54) is 22.3 Å². The highest BCUT2D eigenvalue weighted by Gasteiger charge is 2.33. The van der Waals surface area contributed by atoms with E-state index in [9.17, 15) is 10.2 Å². The van der Waals surface area contributed by atoms with Crippen LogP contribution in [0.4, 0.5) is 0 Å². The SMILES string of the molecule is Cc1ccc(CC2(O)CCN(CCCO)CC2)cc1.Cc1ccc(CC2(O)CCN(CCCO)CC2)cc1. The summed E-state index contributed by atoms with van der Waals surface area (Å²) in [6, 6.07) is 16.9. The molecule has 0 saturated carbocycles. The first-order valence-corrected chi connectivity index (χ1v) is 14.4. The first-order valence-electron chi connectivity index (χ1n) is 14.4. The molecule has 212 valence electrons. The molecule has 2 aliphatic rings. The van der Waals surface area contributed by atoms with E-state index in [0.29, 0.717) is 0 Å². The van der Waals surface area contributed by atoms with E-state index in [1.54, 1.807) is 0 Å². The van der Waals surface area contributed by atoms with Crippen LogP contribution < -0.4 is 0 Å². The summed E-state index contributed by atoms with van der Waals surface area (Å²) in [4.78, 5) is 4.67. The van der Waals surface area contributed by atoms with Gasteiger partial charge in [-0.2, -0.15) is 0 Å². The second-order valence-electron chi connectivity index (χ2n) is 11.6. The van der Waals surface area contributed by atoms with Crippen molar-refractivity contribution in [1.29, 1.82) is 0 Å². The zero-order valence-corrected chi connectivity index (χ0v) is 23.6. The lowest BCUT2D eigenvalue weighted by Crippen LogP contribution is -2.46. The van der Waals surface area contributed by atoms with Crippen molar-refractivity contribution >= 4 is 0 Å². The Kier molecular flexibility index (Phi) is 12.2. The van der Waals surface area contributed by atoms with Gasteiger partial charge in [0.15, 0.2) is 0 Å². The molecule has 4 rings (SSSR count). The molecule has 6 nitrogen and oxygen atoms in total. The molecule has 0 bridgehead atoms. The van der Waals surface area contributed by atoms with Crippen LogP contribution in [-0.2, 0) is 12.8 Å². The molecule has 2 aromatic carbocycles. The van der Waals surface area contributed by atoms with E-state index in [4.69, 9.17) is 10.2 Å². The number of aryl methyl sites for hydroxylation is 2. The lowest BCUT2D eigenvalue weighted by molar-refractivity contribution is -0.0218. The Hall–Kier alpha value is -1.80. The van der Waals surface area contributed by atoms with Gasteiger partial charge >= 0.3 is 0 Å². The molecule has 0 radical (unpaired) electrons. The molecule has 2 aliphatic heterocycles. The largest absolute Gasteiger partial charge is 0.396 e. The maximum absolute atomic E-state index is 10.7. The predicted octanol–water partition coefficient (Wildman–Crippen LogP) is 3.49.